The van der Waals surface area contributed by atoms with Crippen LogP contribution in [-0.2, 0) is 32.6 Å². The molecule has 0 spiro atoms. The van der Waals surface area contributed by atoms with Crippen LogP contribution in [0.25, 0.3) is 0 Å². The third-order valence-electron chi connectivity index (χ3n) is 3.80. The summed E-state index contributed by atoms with van der Waals surface area (Å²) < 4.78 is 23.4. The summed E-state index contributed by atoms with van der Waals surface area (Å²) in [5.74, 6) is -2.41. The number of rotatable bonds is 10. The highest BCUT2D eigenvalue weighted by Crippen LogP contribution is 2.52. The predicted octanol–water partition coefficient (Wildman–Crippen LogP) is 3.97. The Bertz CT molecular complexity index is 687. The molecule has 25 heavy (non-hydrogen) atoms. The molecule has 0 radical (unpaired) electrons. The molecule has 0 atom stereocenters. The number of aromatic carboxylic acids is 2. The molecule has 0 aliphatic heterocycles. The van der Waals surface area contributed by atoms with E-state index in [1.54, 1.807) is 27.7 Å². The van der Waals surface area contributed by atoms with Crippen molar-refractivity contribution in [1.29, 1.82) is 0 Å². The lowest BCUT2D eigenvalue weighted by Crippen LogP contribution is -2.15. The summed E-state index contributed by atoms with van der Waals surface area (Å²) in [5.41, 5.74) is 0.989. The van der Waals surface area contributed by atoms with Crippen LogP contribution in [0, 0.1) is 0 Å². The Morgan fingerprint density at radius 2 is 1.48 bits per heavy atom. The minimum atomic E-state index is -3.49. The molecule has 0 heterocycles. The van der Waals surface area contributed by atoms with Gasteiger partial charge in [-0.25, -0.2) is 9.59 Å². The smallest absolute Gasteiger partial charge is 0.336 e. The summed E-state index contributed by atoms with van der Waals surface area (Å²) in [7, 11) is -3.49. The topological polar surface area (TPSA) is 110 Å². The van der Waals surface area contributed by atoms with Crippen molar-refractivity contribution >= 4 is 19.5 Å². The molecule has 8 heteroatoms. The largest absolute Gasteiger partial charge is 0.478 e. The maximum Gasteiger partial charge on any atom is 0.336 e. The van der Waals surface area contributed by atoms with E-state index in [0.29, 0.717) is 17.5 Å². The molecule has 1 aromatic rings. The molecule has 0 fully saturated rings. The summed E-state index contributed by atoms with van der Waals surface area (Å²) >= 11 is 0. The quantitative estimate of drug-likeness (QED) is 0.598. The molecule has 1 rings (SSSR count). The Morgan fingerprint density at radius 1 is 0.960 bits per heavy atom. The predicted molar refractivity (Wildman–Crippen MR) is 93.7 cm³/mol. The normalized spacial score (nSPS) is 11.5. The average Bonchev–Trinajstić information content (AvgIpc) is 2.53. The van der Waals surface area contributed by atoms with Gasteiger partial charge < -0.3 is 19.3 Å². The Labute approximate surface area is 147 Å². The van der Waals surface area contributed by atoms with Crippen LogP contribution in [0.4, 0.5) is 0 Å². The summed E-state index contributed by atoms with van der Waals surface area (Å²) in [5, 5.41) is 19.1. The lowest BCUT2D eigenvalue weighted by molar-refractivity contribution is 0.0694. The molecule has 1 aromatic carbocycles. The minimum Gasteiger partial charge on any atom is -0.478 e. The van der Waals surface area contributed by atoms with Crippen LogP contribution in [0.15, 0.2) is 6.07 Å². The molecule has 0 aromatic heterocycles. The SMILES string of the molecule is CCOP(=O)(Cc1cc(C(=O)O)c(CC)c(C(=O)O)c1CC)OCC. The van der Waals surface area contributed by atoms with Gasteiger partial charge in [0.25, 0.3) is 0 Å². The molecule has 0 aliphatic rings. The lowest BCUT2D eigenvalue weighted by Gasteiger charge is -2.21. The van der Waals surface area contributed by atoms with Crippen molar-refractivity contribution in [1.82, 2.24) is 0 Å². The molecule has 140 valence electrons. The summed E-state index contributed by atoms with van der Waals surface area (Å²) in [6.45, 7) is 7.18. The number of carboxylic acids is 2. The number of carbonyl (C=O) groups is 2. The van der Waals surface area contributed by atoms with Crippen LogP contribution in [-0.4, -0.2) is 35.4 Å². The summed E-state index contributed by atoms with van der Waals surface area (Å²) in [6.07, 6.45) is 0.468. The van der Waals surface area contributed by atoms with E-state index in [0.717, 1.165) is 0 Å². The fourth-order valence-electron chi connectivity index (χ4n) is 2.92. The van der Waals surface area contributed by atoms with E-state index in [1.165, 1.54) is 6.07 Å². The van der Waals surface area contributed by atoms with Crippen LogP contribution in [0.5, 0.6) is 0 Å². The van der Waals surface area contributed by atoms with E-state index in [1.807, 2.05) is 0 Å². The van der Waals surface area contributed by atoms with Crippen LogP contribution in [0.1, 0.15) is 65.1 Å². The van der Waals surface area contributed by atoms with Crippen LogP contribution >= 0.6 is 7.60 Å². The molecule has 2 N–H and O–H groups in total. The van der Waals surface area contributed by atoms with Crippen molar-refractivity contribution < 1.29 is 33.4 Å². The fourth-order valence-corrected chi connectivity index (χ4v) is 4.66. The Balaban J connectivity index is 3.66. The van der Waals surface area contributed by atoms with Crippen LogP contribution in [0.3, 0.4) is 0 Å². The van der Waals surface area contributed by atoms with E-state index < -0.39 is 19.5 Å². The fraction of sp³-hybridized carbons (Fsp3) is 0.529. The van der Waals surface area contributed by atoms with E-state index >= 15 is 0 Å². The van der Waals surface area contributed by atoms with Crippen molar-refractivity contribution in [3.63, 3.8) is 0 Å². The number of benzene rings is 1. The zero-order valence-corrected chi connectivity index (χ0v) is 15.9. The maximum absolute atomic E-state index is 12.8. The van der Waals surface area contributed by atoms with Crippen molar-refractivity contribution in [2.45, 2.75) is 46.7 Å². The molecule has 0 saturated carbocycles. The third kappa shape index (κ3) is 4.91. The Hall–Kier alpha value is -1.69. The van der Waals surface area contributed by atoms with Crippen LogP contribution < -0.4 is 0 Å². The standard InChI is InChI=1S/C17H25O7P/c1-5-12-11(10-25(22,23-7-3)24-8-4)9-14(16(18)19)13(6-2)15(12)17(20)21/h9H,5-8,10H2,1-4H3,(H,18,19)(H,20,21). The average molecular weight is 372 g/mol. The molecule has 7 nitrogen and oxygen atoms in total. The zero-order chi connectivity index (χ0) is 19.2. The highest BCUT2D eigenvalue weighted by Gasteiger charge is 2.30. The molecule has 0 unspecified atom stereocenters. The van der Waals surface area contributed by atoms with Gasteiger partial charge in [-0.1, -0.05) is 13.8 Å². The molecular weight excluding hydrogens is 347 g/mol. The first kappa shape index (κ1) is 21.4. The number of hydrogen-bond acceptors (Lipinski definition) is 5. The first-order chi connectivity index (χ1) is 11.7. The first-order valence-electron chi connectivity index (χ1n) is 8.26. The monoisotopic (exact) mass is 372 g/mol. The first-order valence-corrected chi connectivity index (χ1v) is 9.99. The van der Waals surface area contributed by atoms with Gasteiger partial charge in [0, 0.05) is 0 Å². The second kappa shape index (κ2) is 9.13. The maximum atomic E-state index is 12.8. The molecule has 0 bridgehead atoms. The minimum absolute atomic E-state index is 0.0283. The summed E-state index contributed by atoms with van der Waals surface area (Å²) in [4.78, 5) is 23.4. The van der Waals surface area contributed by atoms with Gasteiger partial charge in [0.15, 0.2) is 0 Å². The van der Waals surface area contributed by atoms with E-state index in [4.69, 9.17) is 9.05 Å². The van der Waals surface area contributed by atoms with Gasteiger partial charge >= 0.3 is 19.5 Å². The second-order valence-corrected chi connectivity index (χ2v) is 7.39. The highest BCUT2D eigenvalue weighted by atomic mass is 31.2. The number of carboxylic acid groups (broad SMARTS) is 2. The van der Waals surface area contributed by atoms with Crippen molar-refractivity contribution in [3.05, 3.63) is 33.9 Å². The van der Waals surface area contributed by atoms with Crippen molar-refractivity contribution in [2.24, 2.45) is 0 Å². The van der Waals surface area contributed by atoms with Crippen LogP contribution in [0.2, 0.25) is 0 Å². The molecular formula is C17H25O7P. The second-order valence-electron chi connectivity index (χ2n) is 5.34. The molecule has 0 amide bonds. The lowest BCUT2D eigenvalue weighted by atomic mass is 9.89. The van der Waals surface area contributed by atoms with Gasteiger partial charge in [0.1, 0.15) is 0 Å². The van der Waals surface area contributed by atoms with Gasteiger partial charge in [0.2, 0.25) is 0 Å². The van der Waals surface area contributed by atoms with Gasteiger partial charge in [-0.3, -0.25) is 4.57 Å². The molecule has 0 aliphatic carbocycles. The molecule has 0 saturated heterocycles. The van der Waals surface area contributed by atoms with E-state index in [9.17, 15) is 24.4 Å². The van der Waals surface area contributed by atoms with E-state index in [2.05, 4.69) is 0 Å². The van der Waals surface area contributed by atoms with Gasteiger partial charge in [-0.15, -0.1) is 0 Å². The van der Waals surface area contributed by atoms with Crippen molar-refractivity contribution in [3.8, 4) is 0 Å². The zero-order valence-electron chi connectivity index (χ0n) is 15.0. The van der Waals surface area contributed by atoms with Crippen molar-refractivity contribution in [2.75, 3.05) is 13.2 Å². The Kier molecular flexibility index (Phi) is 7.80. The van der Waals surface area contributed by atoms with Gasteiger partial charge in [0.05, 0.1) is 30.5 Å². The third-order valence-corrected chi connectivity index (χ3v) is 5.83. The Morgan fingerprint density at radius 3 is 1.84 bits per heavy atom. The van der Waals surface area contributed by atoms with Gasteiger partial charge in [-0.05, 0) is 49.4 Å². The summed E-state index contributed by atoms with van der Waals surface area (Å²) in [6, 6.07) is 1.40. The van der Waals surface area contributed by atoms with Gasteiger partial charge in [-0.2, -0.15) is 0 Å². The highest BCUT2D eigenvalue weighted by molar-refractivity contribution is 7.53. The van der Waals surface area contributed by atoms with E-state index in [-0.39, 0.29) is 42.5 Å². The number of hydrogen-bond donors (Lipinski definition) is 2.